The van der Waals surface area contributed by atoms with Gasteiger partial charge in [0.05, 0.1) is 10.9 Å². The largest absolute Gasteiger partial charge is 0.340 e. The number of sulfonamides is 1. The number of carbonyl (C=O) groups is 1. The van der Waals surface area contributed by atoms with E-state index in [1.54, 1.807) is 30.6 Å². The van der Waals surface area contributed by atoms with Crippen LogP contribution in [0.25, 0.3) is 0 Å². The zero-order valence-electron chi connectivity index (χ0n) is 15.0. The smallest absolute Gasteiger partial charge is 0.240 e. The summed E-state index contributed by atoms with van der Waals surface area (Å²) in [6.07, 6.45) is 6.91. The third-order valence-corrected chi connectivity index (χ3v) is 6.62. The van der Waals surface area contributed by atoms with Gasteiger partial charge in [0.2, 0.25) is 15.9 Å². The van der Waals surface area contributed by atoms with Crippen LogP contribution < -0.4 is 4.72 Å². The van der Waals surface area contributed by atoms with Gasteiger partial charge in [-0.05, 0) is 43.4 Å². The Morgan fingerprint density at radius 2 is 1.96 bits per heavy atom. The van der Waals surface area contributed by atoms with Crippen molar-refractivity contribution in [1.82, 2.24) is 24.4 Å². The van der Waals surface area contributed by atoms with Gasteiger partial charge < -0.3 is 4.90 Å². The van der Waals surface area contributed by atoms with E-state index >= 15 is 0 Å². The molecule has 2 heterocycles. The summed E-state index contributed by atoms with van der Waals surface area (Å²) in [5.74, 6) is 0.115. The summed E-state index contributed by atoms with van der Waals surface area (Å²) in [6, 6.07) is 7.09. The SMILES string of the molecule is O=C(CCc1ccc(S(=O)(=O)NC2CC2)cc1)N1CCC(n2cncn2)C1. The van der Waals surface area contributed by atoms with E-state index in [-0.39, 0.29) is 22.9 Å². The summed E-state index contributed by atoms with van der Waals surface area (Å²) in [4.78, 5) is 18.6. The molecule has 2 aromatic rings. The first kappa shape index (κ1) is 18.1. The van der Waals surface area contributed by atoms with Crippen LogP contribution in [0, 0.1) is 0 Å². The van der Waals surface area contributed by atoms with E-state index in [0.29, 0.717) is 19.4 Å². The van der Waals surface area contributed by atoms with Gasteiger partial charge in [-0.3, -0.25) is 4.79 Å². The molecule has 9 heteroatoms. The first-order valence-electron chi connectivity index (χ1n) is 9.24. The lowest BCUT2D eigenvalue weighted by molar-refractivity contribution is -0.130. The predicted octanol–water partition coefficient (Wildman–Crippen LogP) is 1.12. The van der Waals surface area contributed by atoms with Crippen molar-refractivity contribution < 1.29 is 13.2 Å². The second kappa shape index (κ2) is 7.40. The van der Waals surface area contributed by atoms with Crippen LogP contribution in [0.3, 0.4) is 0 Å². The molecule has 1 amide bonds. The van der Waals surface area contributed by atoms with E-state index in [1.165, 1.54) is 6.33 Å². The van der Waals surface area contributed by atoms with Crippen molar-refractivity contribution in [2.75, 3.05) is 13.1 Å². The Hall–Kier alpha value is -2.26. The molecule has 1 atom stereocenters. The van der Waals surface area contributed by atoms with Gasteiger partial charge >= 0.3 is 0 Å². The fourth-order valence-electron chi connectivity index (χ4n) is 3.32. The van der Waals surface area contributed by atoms with Gasteiger partial charge in [-0.15, -0.1) is 0 Å². The minimum Gasteiger partial charge on any atom is -0.340 e. The lowest BCUT2D eigenvalue weighted by atomic mass is 10.1. The number of nitrogens with zero attached hydrogens (tertiary/aromatic N) is 4. The number of hydrogen-bond donors (Lipinski definition) is 1. The maximum absolute atomic E-state index is 12.5. The highest BCUT2D eigenvalue weighted by molar-refractivity contribution is 7.89. The van der Waals surface area contributed by atoms with Crippen molar-refractivity contribution in [2.24, 2.45) is 0 Å². The molecule has 144 valence electrons. The first-order chi connectivity index (χ1) is 13.0. The van der Waals surface area contributed by atoms with Crippen molar-refractivity contribution in [3.05, 3.63) is 42.5 Å². The Morgan fingerprint density at radius 3 is 2.63 bits per heavy atom. The quantitative estimate of drug-likeness (QED) is 0.765. The molecular formula is C18H23N5O3S. The Kier molecular flexibility index (Phi) is 4.96. The van der Waals surface area contributed by atoms with Crippen LogP contribution in [0.5, 0.6) is 0 Å². The number of rotatable bonds is 7. The van der Waals surface area contributed by atoms with Crippen LogP contribution in [0.4, 0.5) is 0 Å². The standard InChI is InChI=1S/C18H23N5O3S/c24-18(22-10-9-16(11-22)23-13-19-12-20-23)8-3-14-1-6-17(7-2-14)27(25,26)21-15-4-5-15/h1-2,6-7,12-13,15-16,21H,3-5,8-11H2. The molecule has 1 aliphatic heterocycles. The molecule has 1 saturated heterocycles. The third kappa shape index (κ3) is 4.36. The van der Waals surface area contributed by atoms with E-state index in [4.69, 9.17) is 0 Å². The fourth-order valence-corrected chi connectivity index (χ4v) is 4.63. The Morgan fingerprint density at radius 1 is 1.19 bits per heavy atom. The van der Waals surface area contributed by atoms with Crippen LogP contribution >= 0.6 is 0 Å². The molecule has 0 bridgehead atoms. The summed E-state index contributed by atoms with van der Waals surface area (Å²) < 4.78 is 28.8. The van der Waals surface area contributed by atoms with Gasteiger partial charge in [0, 0.05) is 25.6 Å². The molecule has 1 aromatic heterocycles. The predicted molar refractivity (Wildman–Crippen MR) is 98.4 cm³/mol. The van der Waals surface area contributed by atoms with Crippen molar-refractivity contribution in [3.63, 3.8) is 0 Å². The maximum atomic E-state index is 12.5. The molecule has 1 unspecified atom stereocenters. The van der Waals surface area contributed by atoms with Gasteiger partial charge in [-0.25, -0.2) is 22.8 Å². The highest BCUT2D eigenvalue weighted by Gasteiger charge is 2.28. The highest BCUT2D eigenvalue weighted by Crippen LogP contribution is 2.23. The molecule has 1 aromatic carbocycles. The fraction of sp³-hybridized carbons (Fsp3) is 0.500. The molecule has 27 heavy (non-hydrogen) atoms. The summed E-state index contributed by atoms with van der Waals surface area (Å²) in [6.45, 7) is 1.39. The maximum Gasteiger partial charge on any atom is 0.240 e. The van der Waals surface area contributed by atoms with E-state index in [0.717, 1.165) is 31.4 Å². The van der Waals surface area contributed by atoms with Gasteiger partial charge in [-0.2, -0.15) is 5.10 Å². The number of likely N-dealkylation sites (tertiary alicyclic amines) is 1. The average Bonchev–Trinajstić information content (AvgIpc) is 3.14. The van der Waals surface area contributed by atoms with Crippen LogP contribution in [0.15, 0.2) is 41.8 Å². The minimum atomic E-state index is -3.42. The normalized spacial score (nSPS) is 20.1. The molecule has 1 N–H and O–H groups in total. The van der Waals surface area contributed by atoms with Crippen LogP contribution in [0.2, 0.25) is 0 Å². The molecule has 0 spiro atoms. The lowest BCUT2D eigenvalue weighted by Gasteiger charge is -2.16. The zero-order valence-corrected chi connectivity index (χ0v) is 15.8. The number of hydrogen-bond acceptors (Lipinski definition) is 5. The number of aromatic nitrogens is 3. The van der Waals surface area contributed by atoms with E-state index in [2.05, 4.69) is 14.8 Å². The molecule has 1 aliphatic carbocycles. The third-order valence-electron chi connectivity index (χ3n) is 5.09. The molecule has 2 aliphatic rings. The Balaban J connectivity index is 1.29. The number of aryl methyl sites for hydroxylation is 1. The molecule has 1 saturated carbocycles. The van der Waals surface area contributed by atoms with Crippen molar-refractivity contribution >= 4 is 15.9 Å². The second-order valence-corrected chi connectivity index (χ2v) is 8.91. The topological polar surface area (TPSA) is 97.2 Å². The minimum absolute atomic E-state index is 0.0918. The van der Waals surface area contributed by atoms with Crippen LogP contribution in [-0.4, -0.2) is 53.1 Å². The average molecular weight is 389 g/mol. The number of amides is 1. The molecule has 0 radical (unpaired) electrons. The molecule has 4 rings (SSSR count). The van der Waals surface area contributed by atoms with E-state index in [9.17, 15) is 13.2 Å². The summed E-state index contributed by atoms with van der Waals surface area (Å²) in [5, 5.41) is 4.15. The van der Waals surface area contributed by atoms with Crippen LogP contribution in [-0.2, 0) is 21.2 Å². The monoisotopic (exact) mass is 389 g/mol. The summed E-state index contributed by atoms with van der Waals surface area (Å²) in [5.41, 5.74) is 0.959. The second-order valence-electron chi connectivity index (χ2n) is 7.20. The summed E-state index contributed by atoms with van der Waals surface area (Å²) in [7, 11) is -3.42. The van der Waals surface area contributed by atoms with Gasteiger partial charge in [0.15, 0.2) is 0 Å². The Labute approximate surface area is 158 Å². The molecule has 8 nitrogen and oxygen atoms in total. The number of benzene rings is 1. The number of carbonyl (C=O) groups excluding carboxylic acids is 1. The number of nitrogens with one attached hydrogen (secondary N) is 1. The van der Waals surface area contributed by atoms with E-state index in [1.807, 2.05) is 9.58 Å². The lowest BCUT2D eigenvalue weighted by Crippen LogP contribution is -2.29. The summed E-state index contributed by atoms with van der Waals surface area (Å²) >= 11 is 0. The highest BCUT2D eigenvalue weighted by atomic mass is 32.2. The van der Waals surface area contributed by atoms with Gasteiger partial charge in [0.1, 0.15) is 12.7 Å². The molecule has 2 fully saturated rings. The molecular weight excluding hydrogens is 366 g/mol. The van der Waals surface area contributed by atoms with E-state index < -0.39 is 10.0 Å². The van der Waals surface area contributed by atoms with Gasteiger partial charge in [0.25, 0.3) is 0 Å². The van der Waals surface area contributed by atoms with Gasteiger partial charge in [-0.1, -0.05) is 12.1 Å². The first-order valence-corrected chi connectivity index (χ1v) is 10.7. The van der Waals surface area contributed by atoms with Crippen molar-refractivity contribution in [2.45, 2.75) is 49.1 Å². The zero-order chi connectivity index (χ0) is 18.9. The van der Waals surface area contributed by atoms with Crippen molar-refractivity contribution in [1.29, 1.82) is 0 Å². The Bertz CT molecular complexity index is 892. The van der Waals surface area contributed by atoms with Crippen molar-refractivity contribution in [3.8, 4) is 0 Å². The van der Waals surface area contributed by atoms with Crippen LogP contribution in [0.1, 0.15) is 37.3 Å².